The minimum Gasteiger partial charge on any atom is -0.423 e. The number of carbonyl (C=O) groups excluding carboxylic acids is 1. The molecule has 0 saturated carbocycles. The van der Waals surface area contributed by atoms with E-state index in [0.29, 0.717) is 11.3 Å². The first kappa shape index (κ1) is 26.5. The fourth-order valence-electron chi connectivity index (χ4n) is 3.84. The van der Waals surface area contributed by atoms with E-state index in [0.717, 1.165) is 6.42 Å². The van der Waals surface area contributed by atoms with Gasteiger partial charge in [0.15, 0.2) is 0 Å². The Morgan fingerprint density at radius 3 is 1.70 bits per heavy atom. The fraction of sp³-hybridized carbons (Fsp3) is 0.679. The van der Waals surface area contributed by atoms with Crippen molar-refractivity contribution in [2.45, 2.75) is 123 Å². The van der Waals surface area contributed by atoms with Gasteiger partial charge in [0, 0.05) is 5.57 Å². The Morgan fingerprint density at radius 1 is 0.767 bits per heavy atom. The number of hydrogen-bond donors (Lipinski definition) is 0. The molecular formula is C28H46O2. The minimum atomic E-state index is -0.352. The Labute approximate surface area is 186 Å². The van der Waals surface area contributed by atoms with E-state index in [1.807, 2.05) is 18.2 Å². The van der Waals surface area contributed by atoms with Crippen LogP contribution in [0.15, 0.2) is 36.4 Å². The maximum atomic E-state index is 11.6. The predicted molar refractivity (Wildman–Crippen MR) is 130 cm³/mol. The summed E-state index contributed by atoms with van der Waals surface area (Å²) in [7, 11) is 0. The summed E-state index contributed by atoms with van der Waals surface area (Å²) < 4.78 is 5.31. The number of aryl methyl sites for hydroxylation is 1. The van der Waals surface area contributed by atoms with Gasteiger partial charge in [-0.3, -0.25) is 0 Å². The Morgan fingerprint density at radius 2 is 1.23 bits per heavy atom. The van der Waals surface area contributed by atoms with Crippen molar-refractivity contribution >= 4 is 5.97 Å². The standard InChI is InChI=1S/C28H46O2/c1-4-5-6-7-8-9-10-11-12-13-14-15-16-17-18-19-21-26-22-20-23-27(24-26)30-28(29)25(2)3/h20,22-24H,2,4-19,21H2,1,3H3. The first-order valence-corrected chi connectivity index (χ1v) is 12.6. The molecule has 0 aromatic heterocycles. The third kappa shape index (κ3) is 14.4. The van der Waals surface area contributed by atoms with E-state index in [1.54, 1.807) is 6.92 Å². The van der Waals surface area contributed by atoms with Crippen LogP contribution in [0, 0.1) is 0 Å². The zero-order chi connectivity index (χ0) is 21.9. The lowest BCUT2D eigenvalue weighted by Gasteiger charge is -2.07. The molecule has 0 bridgehead atoms. The number of benzene rings is 1. The molecule has 30 heavy (non-hydrogen) atoms. The molecule has 0 fully saturated rings. The third-order valence-electron chi connectivity index (χ3n) is 5.78. The Hall–Kier alpha value is -1.57. The van der Waals surface area contributed by atoms with Gasteiger partial charge in [-0.2, -0.15) is 0 Å². The van der Waals surface area contributed by atoms with Crippen LogP contribution in [0.4, 0.5) is 0 Å². The molecule has 0 unspecified atom stereocenters. The van der Waals surface area contributed by atoms with Crippen LogP contribution < -0.4 is 4.74 Å². The van der Waals surface area contributed by atoms with Crippen molar-refractivity contribution in [2.75, 3.05) is 0 Å². The molecule has 1 rings (SSSR count). The smallest absolute Gasteiger partial charge is 0.338 e. The summed E-state index contributed by atoms with van der Waals surface area (Å²) in [5, 5.41) is 0. The van der Waals surface area contributed by atoms with E-state index in [9.17, 15) is 4.79 Å². The van der Waals surface area contributed by atoms with Gasteiger partial charge in [0.1, 0.15) is 5.75 Å². The summed E-state index contributed by atoms with van der Waals surface area (Å²) in [6.45, 7) is 7.58. The van der Waals surface area contributed by atoms with E-state index < -0.39 is 0 Å². The van der Waals surface area contributed by atoms with E-state index in [-0.39, 0.29) is 5.97 Å². The molecule has 170 valence electrons. The predicted octanol–water partition coefficient (Wildman–Crippen LogP) is 8.97. The van der Waals surface area contributed by atoms with Gasteiger partial charge in [-0.05, 0) is 37.5 Å². The maximum Gasteiger partial charge on any atom is 0.338 e. The summed E-state index contributed by atoms with van der Waals surface area (Å²) in [6, 6.07) is 7.89. The molecule has 0 aliphatic rings. The molecule has 0 atom stereocenters. The zero-order valence-corrected chi connectivity index (χ0v) is 19.9. The van der Waals surface area contributed by atoms with Crippen LogP contribution >= 0.6 is 0 Å². The molecule has 1 aromatic carbocycles. The summed E-state index contributed by atoms with van der Waals surface area (Å²) in [4.78, 5) is 11.6. The van der Waals surface area contributed by atoms with E-state index >= 15 is 0 Å². The summed E-state index contributed by atoms with van der Waals surface area (Å²) in [6.07, 6.45) is 23.3. The van der Waals surface area contributed by atoms with Gasteiger partial charge < -0.3 is 4.74 Å². The van der Waals surface area contributed by atoms with Gasteiger partial charge >= 0.3 is 5.97 Å². The van der Waals surface area contributed by atoms with E-state index in [4.69, 9.17) is 4.74 Å². The second-order valence-corrected chi connectivity index (χ2v) is 8.87. The third-order valence-corrected chi connectivity index (χ3v) is 5.78. The van der Waals surface area contributed by atoms with Crippen molar-refractivity contribution in [1.29, 1.82) is 0 Å². The van der Waals surface area contributed by atoms with Crippen LogP contribution in [0.25, 0.3) is 0 Å². The van der Waals surface area contributed by atoms with Gasteiger partial charge in [0.05, 0.1) is 0 Å². The summed E-state index contributed by atoms with van der Waals surface area (Å²) >= 11 is 0. The Bertz CT molecular complexity index is 576. The van der Waals surface area contributed by atoms with Gasteiger partial charge in [-0.15, -0.1) is 0 Å². The molecule has 0 aliphatic heterocycles. The monoisotopic (exact) mass is 414 g/mol. The average Bonchev–Trinajstić information content (AvgIpc) is 2.73. The fourth-order valence-corrected chi connectivity index (χ4v) is 3.84. The lowest BCUT2D eigenvalue weighted by Crippen LogP contribution is -2.08. The number of rotatable bonds is 19. The lowest BCUT2D eigenvalue weighted by atomic mass is 10.0. The molecule has 0 radical (unpaired) electrons. The first-order chi connectivity index (χ1) is 14.6. The highest BCUT2D eigenvalue weighted by molar-refractivity contribution is 5.88. The van der Waals surface area contributed by atoms with Crippen molar-refractivity contribution in [1.82, 2.24) is 0 Å². The van der Waals surface area contributed by atoms with Crippen molar-refractivity contribution < 1.29 is 9.53 Å². The normalized spacial score (nSPS) is 10.9. The maximum absolute atomic E-state index is 11.6. The molecule has 0 N–H and O–H groups in total. The van der Waals surface area contributed by atoms with Gasteiger partial charge in [-0.1, -0.05) is 122 Å². The summed E-state index contributed by atoms with van der Waals surface area (Å²) in [5.74, 6) is 0.270. The molecule has 0 amide bonds. The molecule has 0 spiro atoms. The van der Waals surface area contributed by atoms with Gasteiger partial charge in [0.2, 0.25) is 0 Å². The van der Waals surface area contributed by atoms with Crippen LogP contribution in [-0.4, -0.2) is 5.97 Å². The first-order valence-electron chi connectivity index (χ1n) is 12.6. The van der Waals surface area contributed by atoms with Crippen LogP contribution in [0.5, 0.6) is 5.75 Å². The minimum absolute atomic E-state index is 0.352. The molecule has 0 heterocycles. The van der Waals surface area contributed by atoms with Crippen molar-refractivity contribution in [3.05, 3.63) is 42.0 Å². The van der Waals surface area contributed by atoms with Crippen molar-refractivity contribution in [3.63, 3.8) is 0 Å². The number of esters is 1. The number of unbranched alkanes of at least 4 members (excludes halogenated alkanes) is 15. The summed E-state index contributed by atoms with van der Waals surface area (Å²) in [5.41, 5.74) is 1.67. The zero-order valence-electron chi connectivity index (χ0n) is 19.9. The SMILES string of the molecule is C=C(C)C(=O)Oc1cccc(CCCCCCCCCCCCCCCCCC)c1. The van der Waals surface area contributed by atoms with Crippen LogP contribution in [0.3, 0.4) is 0 Å². The second-order valence-electron chi connectivity index (χ2n) is 8.87. The van der Waals surface area contributed by atoms with E-state index in [1.165, 1.54) is 108 Å². The highest BCUT2D eigenvalue weighted by Gasteiger charge is 2.05. The highest BCUT2D eigenvalue weighted by atomic mass is 16.5. The lowest BCUT2D eigenvalue weighted by molar-refractivity contribution is -0.130. The molecule has 2 heteroatoms. The molecule has 0 aliphatic carbocycles. The van der Waals surface area contributed by atoms with Gasteiger partial charge in [-0.25, -0.2) is 4.79 Å². The van der Waals surface area contributed by atoms with Crippen molar-refractivity contribution in [3.8, 4) is 5.75 Å². The number of hydrogen-bond acceptors (Lipinski definition) is 2. The second kappa shape index (κ2) is 18.2. The molecule has 2 nitrogen and oxygen atoms in total. The number of carbonyl (C=O) groups is 1. The Kier molecular flexibility index (Phi) is 16.1. The topological polar surface area (TPSA) is 26.3 Å². The highest BCUT2D eigenvalue weighted by Crippen LogP contribution is 2.18. The van der Waals surface area contributed by atoms with Crippen LogP contribution in [0.2, 0.25) is 0 Å². The molecule has 0 saturated heterocycles. The van der Waals surface area contributed by atoms with Crippen LogP contribution in [0.1, 0.15) is 122 Å². The van der Waals surface area contributed by atoms with Crippen molar-refractivity contribution in [2.24, 2.45) is 0 Å². The quantitative estimate of drug-likeness (QED) is 0.0977. The Balaban J connectivity index is 1.92. The average molecular weight is 415 g/mol. The molecular weight excluding hydrogens is 368 g/mol. The largest absolute Gasteiger partial charge is 0.423 e. The molecule has 1 aromatic rings. The van der Waals surface area contributed by atoms with Crippen LogP contribution in [-0.2, 0) is 11.2 Å². The van der Waals surface area contributed by atoms with E-state index in [2.05, 4.69) is 19.6 Å². The number of ether oxygens (including phenoxy) is 1. The van der Waals surface area contributed by atoms with Gasteiger partial charge in [0.25, 0.3) is 0 Å².